The van der Waals surface area contributed by atoms with Crippen molar-refractivity contribution in [1.29, 1.82) is 0 Å². The van der Waals surface area contributed by atoms with Gasteiger partial charge >= 0.3 is 0 Å². The van der Waals surface area contributed by atoms with Crippen molar-refractivity contribution in [3.8, 4) is 0 Å². The van der Waals surface area contributed by atoms with Crippen molar-refractivity contribution in [1.82, 2.24) is 4.57 Å². The first-order valence-corrected chi connectivity index (χ1v) is 3.96. The van der Waals surface area contributed by atoms with Crippen molar-refractivity contribution in [3.05, 3.63) is 23.0 Å². The average Bonchev–Trinajstić information content (AvgIpc) is 2.27. The Labute approximate surface area is 71.6 Å². The highest BCUT2D eigenvalue weighted by atomic mass is 16.4. The van der Waals surface area contributed by atoms with Crippen molar-refractivity contribution >= 4 is 5.97 Å². The Balaban J connectivity index is 3.26. The lowest BCUT2D eigenvalue weighted by molar-refractivity contribution is -0.255. The summed E-state index contributed by atoms with van der Waals surface area (Å²) in [6, 6.07) is 1.65. The highest BCUT2D eigenvalue weighted by Gasteiger charge is 2.07. The van der Waals surface area contributed by atoms with Gasteiger partial charge in [0.1, 0.15) is 0 Å². The SMILES string of the molecule is CCn1c(C)cc(C(=O)[O-])c1C. The van der Waals surface area contributed by atoms with E-state index in [4.69, 9.17) is 0 Å². The van der Waals surface area contributed by atoms with E-state index in [1.807, 2.05) is 18.4 Å². The van der Waals surface area contributed by atoms with Gasteiger partial charge < -0.3 is 14.5 Å². The zero-order valence-corrected chi connectivity index (χ0v) is 7.55. The van der Waals surface area contributed by atoms with Crippen LogP contribution in [0, 0.1) is 13.8 Å². The maximum Gasteiger partial charge on any atom is 0.0733 e. The van der Waals surface area contributed by atoms with Crippen LogP contribution in [-0.4, -0.2) is 10.5 Å². The molecule has 1 heterocycles. The van der Waals surface area contributed by atoms with Crippen molar-refractivity contribution in [3.63, 3.8) is 0 Å². The maximum absolute atomic E-state index is 10.6. The van der Waals surface area contributed by atoms with Crippen molar-refractivity contribution in [2.45, 2.75) is 27.3 Å². The molecule has 0 fully saturated rings. The fourth-order valence-corrected chi connectivity index (χ4v) is 1.49. The van der Waals surface area contributed by atoms with Crippen LogP contribution in [0.5, 0.6) is 0 Å². The van der Waals surface area contributed by atoms with Crippen LogP contribution in [0.25, 0.3) is 0 Å². The standard InChI is InChI=1S/C9H13NO2/c1-4-10-6(2)5-8(7(10)3)9(11)12/h5H,4H2,1-3H3,(H,11,12)/p-1. The molecule has 0 aliphatic heterocycles. The lowest BCUT2D eigenvalue weighted by atomic mass is 10.2. The molecule has 12 heavy (non-hydrogen) atoms. The first-order chi connectivity index (χ1) is 5.57. The van der Waals surface area contributed by atoms with Crippen LogP contribution < -0.4 is 5.11 Å². The number of nitrogens with zero attached hydrogens (tertiary/aromatic N) is 1. The van der Waals surface area contributed by atoms with Gasteiger partial charge in [0.05, 0.1) is 5.97 Å². The van der Waals surface area contributed by atoms with Crippen LogP contribution >= 0.6 is 0 Å². The molecule has 0 aromatic carbocycles. The second-order valence-electron chi connectivity index (χ2n) is 2.82. The molecular weight excluding hydrogens is 154 g/mol. The highest BCUT2D eigenvalue weighted by molar-refractivity contribution is 5.87. The van der Waals surface area contributed by atoms with Gasteiger partial charge in [-0.3, -0.25) is 0 Å². The zero-order chi connectivity index (χ0) is 9.30. The molecule has 66 valence electrons. The number of aromatic carboxylic acids is 1. The van der Waals surface area contributed by atoms with Crippen LogP contribution in [0.3, 0.4) is 0 Å². The molecule has 0 saturated heterocycles. The second kappa shape index (κ2) is 3.01. The molecule has 0 unspecified atom stereocenters. The van der Waals surface area contributed by atoms with E-state index in [9.17, 15) is 9.90 Å². The number of carbonyl (C=O) groups is 1. The summed E-state index contributed by atoms with van der Waals surface area (Å²) in [6.45, 7) is 6.47. The molecule has 1 rings (SSSR count). The Bertz CT molecular complexity index is 313. The molecule has 0 bridgehead atoms. The molecule has 0 saturated carbocycles. The van der Waals surface area contributed by atoms with Crippen LogP contribution in [-0.2, 0) is 6.54 Å². The smallest absolute Gasteiger partial charge is 0.0733 e. The van der Waals surface area contributed by atoms with E-state index in [2.05, 4.69) is 0 Å². The largest absolute Gasteiger partial charge is 0.545 e. The van der Waals surface area contributed by atoms with Gasteiger partial charge in [-0.2, -0.15) is 0 Å². The van der Waals surface area contributed by atoms with Crippen molar-refractivity contribution in [2.75, 3.05) is 0 Å². The number of hydrogen-bond donors (Lipinski definition) is 0. The van der Waals surface area contributed by atoms with E-state index in [-0.39, 0.29) is 0 Å². The van der Waals surface area contributed by atoms with Gasteiger partial charge in [-0.1, -0.05) is 0 Å². The van der Waals surface area contributed by atoms with Gasteiger partial charge in [-0.05, 0) is 26.8 Å². The topological polar surface area (TPSA) is 45.1 Å². The predicted octanol–water partition coefficient (Wildman–Crippen LogP) is 0.488. The molecule has 0 radical (unpaired) electrons. The van der Waals surface area contributed by atoms with Crippen LogP contribution in [0.4, 0.5) is 0 Å². The fraction of sp³-hybridized carbons (Fsp3) is 0.444. The molecule has 0 aliphatic rings. The normalized spacial score (nSPS) is 10.2. The summed E-state index contributed by atoms with van der Waals surface area (Å²) in [4.78, 5) is 10.6. The van der Waals surface area contributed by atoms with Gasteiger partial charge in [0.15, 0.2) is 0 Å². The first-order valence-electron chi connectivity index (χ1n) is 3.96. The summed E-state index contributed by atoms with van der Waals surface area (Å²) in [6.07, 6.45) is 0. The molecule has 0 aliphatic carbocycles. The summed E-state index contributed by atoms with van der Waals surface area (Å²) in [7, 11) is 0. The quantitative estimate of drug-likeness (QED) is 0.641. The fourth-order valence-electron chi connectivity index (χ4n) is 1.49. The van der Waals surface area contributed by atoms with E-state index < -0.39 is 5.97 Å². The molecule has 1 aromatic heterocycles. The zero-order valence-electron chi connectivity index (χ0n) is 7.55. The van der Waals surface area contributed by atoms with Crippen molar-refractivity contribution < 1.29 is 9.90 Å². The maximum atomic E-state index is 10.6. The van der Waals surface area contributed by atoms with Gasteiger partial charge in [-0.15, -0.1) is 0 Å². The van der Waals surface area contributed by atoms with E-state index >= 15 is 0 Å². The first kappa shape index (κ1) is 8.84. The Kier molecular flexibility index (Phi) is 2.22. The molecule has 1 aromatic rings. The Morgan fingerprint density at radius 1 is 1.58 bits per heavy atom. The number of carboxylic acid groups (broad SMARTS) is 1. The molecule has 0 spiro atoms. The summed E-state index contributed by atoms with van der Waals surface area (Å²) in [5.41, 5.74) is 2.04. The molecular formula is C9H12NO2-. The third kappa shape index (κ3) is 1.22. The molecule has 0 N–H and O–H groups in total. The van der Waals surface area contributed by atoms with Crippen molar-refractivity contribution in [2.24, 2.45) is 0 Å². The number of carbonyl (C=O) groups excluding carboxylic acids is 1. The second-order valence-corrected chi connectivity index (χ2v) is 2.82. The Morgan fingerprint density at radius 3 is 2.42 bits per heavy atom. The highest BCUT2D eigenvalue weighted by Crippen LogP contribution is 2.13. The minimum absolute atomic E-state index is 0.300. The summed E-state index contributed by atoms with van der Waals surface area (Å²) >= 11 is 0. The number of hydrogen-bond acceptors (Lipinski definition) is 2. The molecule has 0 amide bonds. The number of carboxylic acids is 1. The number of rotatable bonds is 2. The lowest BCUT2D eigenvalue weighted by Gasteiger charge is -2.05. The Morgan fingerprint density at radius 2 is 2.17 bits per heavy atom. The minimum Gasteiger partial charge on any atom is -0.545 e. The van der Waals surface area contributed by atoms with Gasteiger partial charge in [0.2, 0.25) is 0 Å². The molecule has 3 nitrogen and oxygen atoms in total. The molecule has 0 atom stereocenters. The van der Waals surface area contributed by atoms with E-state index in [0.29, 0.717) is 5.56 Å². The third-order valence-electron chi connectivity index (χ3n) is 2.11. The lowest BCUT2D eigenvalue weighted by Crippen LogP contribution is -2.22. The van der Waals surface area contributed by atoms with Gasteiger partial charge in [-0.25, -0.2) is 0 Å². The monoisotopic (exact) mass is 166 g/mol. The number of aryl methyl sites for hydroxylation is 1. The van der Waals surface area contributed by atoms with Gasteiger partial charge in [0.25, 0.3) is 0 Å². The summed E-state index contributed by atoms with van der Waals surface area (Å²) in [5, 5.41) is 10.6. The summed E-state index contributed by atoms with van der Waals surface area (Å²) < 4.78 is 1.95. The molecule has 3 heteroatoms. The van der Waals surface area contributed by atoms with Gasteiger partial charge in [0, 0.05) is 23.5 Å². The van der Waals surface area contributed by atoms with E-state index in [1.54, 1.807) is 13.0 Å². The summed E-state index contributed by atoms with van der Waals surface area (Å²) in [5.74, 6) is -1.09. The van der Waals surface area contributed by atoms with Crippen LogP contribution in [0.2, 0.25) is 0 Å². The Hall–Kier alpha value is -1.25. The minimum atomic E-state index is -1.09. The number of aromatic nitrogens is 1. The van der Waals surface area contributed by atoms with E-state index in [1.165, 1.54) is 0 Å². The van der Waals surface area contributed by atoms with Crippen LogP contribution in [0.1, 0.15) is 28.7 Å². The predicted molar refractivity (Wildman–Crippen MR) is 43.9 cm³/mol. The van der Waals surface area contributed by atoms with E-state index in [0.717, 1.165) is 17.9 Å². The third-order valence-corrected chi connectivity index (χ3v) is 2.11. The van der Waals surface area contributed by atoms with Crippen LogP contribution in [0.15, 0.2) is 6.07 Å². The average molecular weight is 166 g/mol.